The van der Waals surface area contributed by atoms with Gasteiger partial charge in [-0.15, -0.1) is 0 Å². The Hall–Kier alpha value is -1.55. The summed E-state index contributed by atoms with van der Waals surface area (Å²) in [5.41, 5.74) is 0.836. The number of aliphatic hydroxyl groups is 1. The van der Waals surface area contributed by atoms with Crippen LogP contribution >= 0.6 is 0 Å². The Morgan fingerprint density at radius 2 is 2.19 bits per heavy atom. The van der Waals surface area contributed by atoms with Crippen LogP contribution in [0, 0.1) is 0 Å². The molecule has 1 aromatic carbocycles. The highest BCUT2D eigenvalue weighted by atomic mass is 16.4. The summed E-state index contributed by atoms with van der Waals surface area (Å²) in [7, 11) is 0. The summed E-state index contributed by atoms with van der Waals surface area (Å²) in [4.78, 5) is 4.26. The fourth-order valence-corrected chi connectivity index (χ4v) is 1.34. The number of nitrogens with zero attached hydrogens (tertiary/aromatic N) is 1. The molecule has 0 bridgehead atoms. The van der Waals surface area contributed by atoms with Crippen LogP contribution in [-0.2, 0) is 0 Å². The second kappa shape index (κ2) is 4.14. The molecular weight excluding hydrogens is 204 g/mol. The van der Waals surface area contributed by atoms with Gasteiger partial charge in [0.2, 0.25) is 0 Å². The lowest BCUT2D eigenvalue weighted by molar-refractivity contribution is 0.0692. The summed E-state index contributed by atoms with van der Waals surface area (Å²) in [6, 6.07) is 8.03. The molecule has 0 aliphatic carbocycles. The van der Waals surface area contributed by atoms with Crippen molar-refractivity contribution in [3.05, 3.63) is 24.3 Å². The van der Waals surface area contributed by atoms with Gasteiger partial charge in [0, 0.05) is 6.54 Å². The minimum atomic E-state index is -0.735. The predicted octanol–water partition coefficient (Wildman–Crippen LogP) is 2.40. The van der Waals surface area contributed by atoms with Gasteiger partial charge in [-0.05, 0) is 25.5 Å². The SMILES string of the molecule is CCC(C)(O)CNc1nc2ccccc2o1. The van der Waals surface area contributed by atoms with Crippen LogP contribution in [0.15, 0.2) is 28.7 Å². The van der Waals surface area contributed by atoms with Gasteiger partial charge in [-0.2, -0.15) is 4.98 Å². The molecular formula is C12H16N2O2. The molecule has 0 radical (unpaired) electrons. The maximum absolute atomic E-state index is 9.83. The van der Waals surface area contributed by atoms with Gasteiger partial charge in [-0.1, -0.05) is 19.1 Å². The maximum atomic E-state index is 9.83. The summed E-state index contributed by atoms with van der Waals surface area (Å²) < 4.78 is 5.47. The fraction of sp³-hybridized carbons (Fsp3) is 0.417. The van der Waals surface area contributed by atoms with E-state index in [9.17, 15) is 5.11 Å². The van der Waals surface area contributed by atoms with E-state index in [-0.39, 0.29) is 0 Å². The number of para-hydroxylation sites is 2. The van der Waals surface area contributed by atoms with Gasteiger partial charge < -0.3 is 14.8 Å². The highest BCUT2D eigenvalue weighted by Crippen LogP contribution is 2.19. The maximum Gasteiger partial charge on any atom is 0.295 e. The van der Waals surface area contributed by atoms with Gasteiger partial charge in [0.25, 0.3) is 6.01 Å². The molecule has 86 valence electrons. The van der Waals surface area contributed by atoms with E-state index in [1.54, 1.807) is 6.92 Å². The van der Waals surface area contributed by atoms with E-state index in [2.05, 4.69) is 10.3 Å². The van der Waals surface area contributed by atoms with Crippen LogP contribution in [0.3, 0.4) is 0 Å². The standard InChI is InChI=1S/C12H16N2O2/c1-3-12(2,15)8-13-11-14-9-6-4-5-7-10(9)16-11/h4-7,15H,3,8H2,1-2H3,(H,13,14). The molecule has 0 fully saturated rings. The summed E-state index contributed by atoms with van der Waals surface area (Å²) in [5, 5.41) is 12.8. The first-order chi connectivity index (χ1) is 7.61. The minimum Gasteiger partial charge on any atom is -0.424 e. The van der Waals surface area contributed by atoms with Crippen molar-refractivity contribution in [1.29, 1.82) is 0 Å². The van der Waals surface area contributed by atoms with Crippen molar-refractivity contribution in [3.63, 3.8) is 0 Å². The van der Waals surface area contributed by atoms with Crippen molar-refractivity contribution in [2.24, 2.45) is 0 Å². The average Bonchev–Trinajstić information content (AvgIpc) is 2.69. The number of benzene rings is 1. The van der Waals surface area contributed by atoms with E-state index in [0.717, 1.165) is 11.1 Å². The van der Waals surface area contributed by atoms with Gasteiger partial charge in [0.15, 0.2) is 5.58 Å². The molecule has 1 atom stereocenters. The fourth-order valence-electron chi connectivity index (χ4n) is 1.34. The molecule has 1 aromatic heterocycles. The second-order valence-corrected chi connectivity index (χ2v) is 4.19. The lowest BCUT2D eigenvalue weighted by Gasteiger charge is -2.20. The van der Waals surface area contributed by atoms with Crippen molar-refractivity contribution < 1.29 is 9.52 Å². The molecule has 0 amide bonds. The van der Waals surface area contributed by atoms with Crippen LogP contribution in [0.25, 0.3) is 11.1 Å². The summed E-state index contributed by atoms with van der Waals surface area (Å²) >= 11 is 0. The Morgan fingerprint density at radius 3 is 2.88 bits per heavy atom. The molecule has 4 nitrogen and oxygen atoms in total. The van der Waals surface area contributed by atoms with E-state index in [1.807, 2.05) is 31.2 Å². The van der Waals surface area contributed by atoms with Crippen molar-refractivity contribution in [1.82, 2.24) is 4.98 Å². The van der Waals surface area contributed by atoms with Crippen LogP contribution < -0.4 is 5.32 Å². The molecule has 16 heavy (non-hydrogen) atoms. The van der Waals surface area contributed by atoms with Gasteiger partial charge in [0.1, 0.15) is 5.52 Å². The monoisotopic (exact) mass is 220 g/mol. The molecule has 4 heteroatoms. The molecule has 2 N–H and O–H groups in total. The van der Waals surface area contributed by atoms with Crippen LogP contribution in [0.1, 0.15) is 20.3 Å². The zero-order valence-electron chi connectivity index (χ0n) is 9.53. The number of hydrogen-bond donors (Lipinski definition) is 2. The van der Waals surface area contributed by atoms with E-state index in [4.69, 9.17) is 4.42 Å². The molecule has 2 aromatic rings. The van der Waals surface area contributed by atoms with Crippen molar-refractivity contribution >= 4 is 17.1 Å². The van der Waals surface area contributed by atoms with Crippen LogP contribution in [0.4, 0.5) is 6.01 Å². The molecule has 1 unspecified atom stereocenters. The van der Waals surface area contributed by atoms with Crippen LogP contribution in [0.2, 0.25) is 0 Å². The summed E-state index contributed by atoms with van der Waals surface area (Å²) in [6.45, 7) is 4.15. The predicted molar refractivity (Wildman–Crippen MR) is 63.4 cm³/mol. The molecule has 2 rings (SSSR count). The van der Waals surface area contributed by atoms with E-state index in [1.165, 1.54) is 0 Å². The van der Waals surface area contributed by atoms with Crippen molar-refractivity contribution in [2.45, 2.75) is 25.9 Å². The number of nitrogens with one attached hydrogen (secondary N) is 1. The molecule has 1 heterocycles. The van der Waals surface area contributed by atoms with Gasteiger partial charge in [-0.3, -0.25) is 0 Å². The average molecular weight is 220 g/mol. The summed E-state index contributed by atoms with van der Waals surface area (Å²) in [6.07, 6.45) is 0.681. The Bertz CT molecular complexity index is 444. The zero-order chi connectivity index (χ0) is 11.6. The second-order valence-electron chi connectivity index (χ2n) is 4.19. The van der Waals surface area contributed by atoms with E-state index in [0.29, 0.717) is 19.0 Å². The molecule has 0 saturated carbocycles. The third kappa shape index (κ3) is 2.33. The molecule has 0 saturated heterocycles. The Morgan fingerprint density at radius 1 is 1.44 bits per heavy atom. The quantitative estimate of drug-likeness (QED) is 0.830. The highest BCUT2D eigenvalue weighted by molar-refractivity contribution is 5.74. The van der Waals surface area contributed by atoms with Gasteiger partial charge >= 0.3 is 0 Å². The normalized spacial score (nSPS) is 14.9. The smallest absolute Gasteiger partial charge is 0.295 e. The number of rotatable bonds is 4. The molecule has 0 aliphatic rings. The molecule has 0 aliphatic heterocycles. The Kier molecular flexibility index (Phi) is 2.83. The first kappa shape index (κ1) is 11.0. The number of fused-ring (bicyclic) bond motifs is 1. The third-order valence-corrected chi connectivity index (χ3v) is 2.68. The number of oxazole rings is 1. The highest BCUT2D eigenvalue weighted by Gasteiger charge is 2.18. The zero-order valence-corrected chi connectivity index (χ0v) is 9.53. The van der Waals surface area contributed by atoms with E-state index >= 15 is 0 Å². The van der Waals surface area contributed by atoms with Crippen molar-refractivity contribution in [2.75, 3.05) is 11.9 Å². The molecule has 0 spiro atoms. The third-order valence-electron chi connectivity index (χ3n) is 2.68. The topological polar surface area (TPSA) is 58.3 Å². The Labute approximate surface area is 94.3 Å². The van der Waals surface area contributed by atoms with E-state index < -0.39 is 5.60 Å². The largest absolute Gasteiger partial charge is 0.424 e. The minimum absolute atomic E-state index is 0.427. The lowest BCUT2D eigenvalue weighted by atomic mass is 10.0. The number of aromatic nitrogens is 1. The van der Waals surface area contributed by atoms with Crippen LogP contribution in [0.5, 0.6) is 0 Å². The number of anilines is 1. The lowest BCUT2D eigenvalue weighted by Crippen LogP contribution is -2.32. The number of hydrogen-bond acceptors (Lipinski definition) is 4. The Balaban J connectivity index is 2.10. The van der Waals surface area contributed by atoms with Gasteiger partial charge in [0.05, 0.1) is 5.60 Å². The first-order valence-electron chi connectivity index (χ1n) is 5.42. The van der Waals surface area contributed by atoms with Gasteiger partial charge in [-0.25, -0.2) is 0 Å². The summed E-state index contributed by atoms with van der Waals surface area (Å²) in [5.74, 6) is 0. The van der Waals surface area contributed by atoms with Crippen molar-refractivity contribution in [3.8, 4) is 0 Å². The van der Waals surface area contributed by atoms with Crippen LogP contribution in [-0.4, -0.2) is 22.2 Å². The first-order valence-corrected chi connectivity index (χ1v) is 5.42.